The van der Waals surface area contributed by atoms with E-state index in [4.69, 9.17) is 9.16 Å². The van der Waals surface area contributed by atoms with Gasteiger partial charge in [-0.1, -0.05) is 20.8 Å². The van der Waals surface area contributed by atoms with Crippen molar-refractivity contribution in [1.82, 2.24) is 5.32 Å². The van der Waals surface area contributed by atoms with E-state index in [-0.39, 0.29) is 11.6 Å². The van der Waals surface area contributed by atoms with Gasteiger partial charge in [-0.2, -0.15) is 0 Å². The van der Waals surface area contributed by atoms with E-state index in [1.807, 2.05) is 0 Å². The molecule has 0 aromatic rings. The van der Waals surface area contributed by atoms with Gasteiger partial charge in [-0.25, -0.2) is 4.79 Å². The maximum absolute atomic E-state index is 11.8. The molecule has 2 N–H and O–H groups in total. The summed E-state index contributed by atoms with van der Waals surface area (Å²) in [4.78, 5) is 11.8. The number of rotatable bonds is 5. The van der Waals surface area contributed by atoms with Gasteiger partial charge >= 0.3 is 6.09 Å². The first-order chi connectivity index (χ1) is 9.16. The van der Waals surface area contributed by atoms with Crippen LogP contribution in [0, 0.1) is 0 Å². The molecule has 126 valence electrons. The minimum Gasteiger partial charge on any atom is -0.444 e. The van der Waals surface area contributed by atoms with Gasteiger partial charge in [0, 0.05) is 0 Å². The number of carbonyl (C=O) groups is 1. The summed E-state index contributed by atoms with van der Waals surface area (Å²) >= 11 is 0. The van der Waals surface area contributed by atoms with Gasteiger partial charge in [0.25, 0.3) is 0 Å². The van der Waals surface area contributed by atoms with Crippen LogP contribution in [0.3, 0.4) is 0 Å². The van der Waals surface area contributed by atoms with Crippen LogP contribution >= 0.6 is 0 Å². The molecule has 0 aromatic carbocycles. The average molecular weight is 320 g/mol. The second-order valence-corrected chi connectivity index (χ2v) is 12.9. The van der Waals surface area contributed by atoms with Crippen LogP contribution in [0.5, 0.6) is 0 Å². The van der Waals surface area contributed by atoms with Crippen molar-refractivity contribution < 1.29 is 19.1 Å². The molecule has 21 heavy (non-hydrogen) atoms. The van der Waals surface area contributed by atoms with Gasteiger partial charge in [0.2, 0.25) is 0 Å². The third kappa shape index (κ3) is 7.83. The van der Waals surface area contributed by atoms with Crippen LogP contribution in [-0.4, -0.2) is 43.9 Å². The normalized spacial score (nSPS) is 16.3. The van der Waals surface area contributed by atoms with Crippen molar-refractivity contribution in [2.24, 2.45) is 0 Å². The van der Waals surface area contributed by atoms with Gasteiger partial charge in [0.15, 0.2) is 8.32 Å². The van der Waals surface area contributed by atoms with Crippen molar-refractivity contribution in [3.05, 3.63) is 0 Å². The lowest BCUT2D eigenvalue weighted by Gasteiger charge is -2.37. The number of alkyl carbamates (subject to hydrolysis) is 1. The molecule has 0 unspecified atom stereocenters. The van der Waals surface area contributed by atoms with Gasteiger partial charge in [-0.15, -0.1) is 0 Å². The Labute approximate surface area is 130 Å². The lowest BCUT2D eigenvalue weighted by molar-refractivity contribution is 0.0384. The van der Waals surface area contributed by atoms with E-state index in [0.717, 1.165) is 0 Å². The number of nitrogens with one attached hydrogen (secondary N) is 1. The molecule has 1 amide bonds. The van der Waals surface area contributed by atoms with Crippen LogP contribution in [0.1, 0.15) is 48.5 Å². The van der Waals surface area contributed by atoms with Gasteiger partial charge in [-0.05, 0) is 45.8 Å². The van der Waals surface area contributed by atoms with Crippen LogP contribution in [0.2, 0.25) is 18.1 Å². The highest BCUT2D eigenvalue weighted by Crippen LogP contribution is 2.36. The summed E-state index contributed by atoms with van der Waals surface area (Å²) < 4.78 is 11.3. The van der Waals surface area contributed by atoms with Gasteiger partial charge in [0.05, 0.1) is 18.8 Å². The van der Waals surface area contributed by atoms with Crippen LogP contribution in [0.4, 0.5) is 4.79 Å². The minimum absolute atomic E-state index is 0.0855. The quantitative estimate of drug-likeness (QED) is 0.763. The van der Waals surface area contributed by atoms with Crippen LogP contribution in [0.25, 0.3) is 0 Å². The fraction of sp³-hybridized carbons (Fsp3) is 0.933. The van der Waals surface area contributed by atoms with Crippen molar-refractivity contribution in [1.29, 1.82) is 0 Å². The number of aliphatic hydroxyl groups is 1. The molecule has 0 radical (unpaired) electrons. The van der Waals surface area contributed by atoms with Gasteiger partial charge in [0.1, 0.15) is 5.60 Å². The first kappa shape index (κ1) is 20.4. The van der Waals surface area contributed by atoms with Crippen LogP contribution in [-0.2, 0) is 9.16 Å². The van der Waals surface area contributed by atoms with Crippen molar-refractivity contribution in [3.8, 4) is 0 Å². The molecule has 0 aromatic heterocycles. The van der Waals surface area contributed by atoms with E-state index in [0.29, 0.717) is 0 Å². The first-order valence-corrected chi connectivity index (χ1v) is 10.4. The third-order valence-electron chi connectivity index (χ3n) is 3.71. The highest BCUT2D eigenvalue weighted by Gasteiger charge is 2.38. The molecule has 5 nitrogen and oxygen atoms in total. The summed E-state index contributed by atoms with van der Waals surface area (Å²) in [6.45, 7) is 18.1. The topological polar surface area (TPSA) is 67.8 Å². The standard InChI is InChI=1S/C15H33NO4Si/c1-11(17)12(16-13(18)20-14(2,3)4)10-19-21(8,9)15(5,6)7/h11-12,17H,10H2,1-9H3,(H,16,18)/t11-,12+/m1/s1. The third-order valence-corrected chi connectivity index (χ3v) is 8.22. The summed E-state index contributed by atoms with van der Waals surface area (Å²) in [6, 6.07) is -0.478. The Morgan fingerprint density at radius 3 is 2.00 bits per heavy atom. The smallest absolute Gasteiger partial charge is 0.408 e. The molecule has 0 heterocycles. The Hall–Kier alpha value is -0.593. The maximum atomic E-state index is 11.8. The van der Waals surface area contributed by atoms with E-state index >= 15 is 0 Å². The zero-order chi connectivity index (χ0) is 17.1. The van der Waals surface area contributed by atoms with Crippen LogP contribution < -0.4 is 5.32 Å². The molecule has 0 aliphatic rings. The molecule has 0 fully saturated rings. The van der Waals surface area contributed by atoms with Crippen molar-refractivity contribution >= 4 is 14.4 Å². The Balaban J connectivity index is 4.63. The SMILES string of the molecule is C[C@@H](O)[C@H](CO[Si](C)(C)C(C)(C)C)NC(=O)OC(C)(C)C. The summed E-state index contributed by atoms with van der Waals surface area (Å²) in [5.41, 5.74) is -0.562. The zero-order valence-corrected chi connectivity index (χ0v) is 16.0. The van der Waals surface area contributed by atoms with E-state index in [2.05, 4.69) is 39.2 Å². The number of ether oxygens (including phenoxy) is 1. The summed E-state index contributed by atoms with van der Waals surface area (Å²) in [5.74, 6) is 0. The predicted molar refractivity (Wildman–Crippen MR) is 88.0 cm³/mol. The van der Waals surface area contributed by atoms with E-state index < -0.39 is 32.2 Å². The van der Waals surface area contributed by atoms with E-state index in [1.54, 1.807) is 27.7 Å². The molecular formula is C15H33NO4Si. The zero-order valence-electron chi connectivity index (χ0n) is 15.0. The Bertz CT molecular complexity index is 343. The monoisotopic (exact) mass is 319 g/mol. The molecule has 0 aliphatic carbocycles. The molecular weight excluding hydrogens is 286 g/mol. The molecule has 0 saturated heterocycles. The number of hydrogen-bond donors (Lipinski definition) is 2. The number of amides is 1. The fourth-order valence-corrected chi connectivity index (χ4v) is 2.30. The lowest BCUT2D eigenvalue weighted by Crippen LogP contribution is -2.50. The van der Waals surface area contributed by atoms with Crippen molar-refractivity contribution in [3.63, 3.8) is 0 Å². The number of hydrogen-bond acceptors (Lipinski definition) is 4. The lowest BCUT2D eigenvalue weighted by atomic mass is 10.2. The Morgan fingerprint density at radius 2 is 1.67 bits per heavy atom. The van der Waals surface area contributed by atoms with Crippen molar-refractivity contribution in [2.75, 3.05) is 6.61 Å². The first-order valence-electron chi connectivity index (χ1n) is 7.47. The molecule has 6 heteroatoms. The molecule has 0 saturated carbocycles. The average Bonchev–Trinajstić information content (AvgIpc) is 2.19. The minimum atomic E-state index is -1.91. The predicted octanol–water partition coefficient (Wildman–Crippen LogP) is 3.28. The summed E-state index contributed by atoms with van der Waals surface area (Å²) in [7, 11) is -1.91. The van der Waals surface area contributed by atoms with E-state index in [1.165, 1.54) is 0 Å². The fourth-order valence-electron chi connectivity index (χ4n) is 1.28. The molecule has 0 aliphatic heterocycles. The number of aliphatic hydroxyl groups excluding tert-OH is 1. The largest absolute Gasteiger partial charge is 0.444 e. The second-order valence-electron chi connectivity index (χ2n) is 8.06. The highest BCUT2D eigenvalue weighted by molar-refractivity contribution is 6.74. The molecule has 2 atom stereocenters. The second kappa shape index (κ2) is 7.11. The molecule has 0 bridgehead atoms. The Kier molecular flexibility index (Phi) is 6.91. The highest BCUT2D eigenvalue weighted by atomic mass is 28.4. The van der Waals surface area contributed by atoms with Crippen molar-refractivity contribution in [2.45, 2.75) is 84.3 Å². The maximum Gasteiger partial charge on any atom is 0.408 e. The van der Waals surface area contributed by atoms with Gasteiger partial charge in [-0.3, -0.25) is 0 Å². The molecule has 0 rings (SSSR count). The Morgan fingerprint density at radius 1 is 1.19 bits per heavy atom. The summed E-state index contributed by atoms with van der Waals surface area (Å²) in [6.07, 6.45) is -1.24. The van der Waals surface area contributed by atoms with E-state index in [9.17, 15) is 9.90 Å². The summed E-state index contributed by atoms with van der Waals surface area (Å²) in [5, 5.41) is 12.6. The number of carbonyl (C=O) groups excluding carboxylic acids is 1. The van der Waals surface area contributed by atoms with Gasteiger partial charge < -0.3 is 19.6 Å². The molecule has 0 spiro atoms. The van der Waals surface area contributed by atoms with Crippen LogP contribution in [0.15, 0.2) is 0 Å².